The fourth-order valence-corrected chi connectivity index (χ4v) is 7.52. The van der Waals surface area contributed by atoms with Crippen LogP contribution in [-0.4, -0.2) is 19.7 Å². The maximum Gasteiger partial charge on any atom is 0.160 e. The molecule has 0 amide bonds. The molecule has 0 spiro atoms. The summed E-state index contributed by atoms with van der Waals surface area (Å²) < 4.78 is 2.13. The second kappa shape index (κ2) is 13.8. The maximum absolute atomic E-state index is 5.37. The van der Waals surface area contributed by atoms with E-state index >= 15 is 0 Å². The van der Waals surface area contributed by atoms with Gasteiger partial charge in [-0.05, 0) is 51.9 Å². The Morgan fingerprint density at radius 3 is 1.42 bits per heavy atom. The average molecular weight is 703 g/mol. The van der Waals surface area contributed by atoms with E-state index in [9.17, 15) is 0 Å². The molecule has 2 heterocycles. The molecule has 10 rings (SSSR count). The Bertz CT molecular complexity index is 2860. The van der Waals surface area contributed by atoms with E-state index in [0.29, 0.717) is 5.82 Å². The molecular weight excluding hydrogens is 669 g/mol. The van der Waals surface area contributed by atoms with Crippen LogP contribution in [0.4, 0.5) is 0 Å². The summed E-state index contributed by atoms with van der Waals surface area (Å²) >= 11 is 0. The predicted molar refractivity (Wildman–Crippen MR) is 227 cm³/mol. The van der Waals surface area contributed by atoms with Crippen LogP contribution in [0, 0.1) is 0 Å². The molecule has 0 N–H and O–H groups in total. The van der Waals surface area contributed by atoms with Crippen molar-refractivity contribution in [3.05, 3.63) is 206 Å². The van der Waals surface area contributed by atoms with Gasteiger partial charge in [-0.15, -0.1) is 0 Å². The predicted octanol–water partition coefficient (Wildman–Crippen LogP) is 13.0. The third kappa shape index (κ3) is 6.06. The Morgan fingerprint density at radius 2 is 0.836 bits per heavy atom. The number of fused-ring (bicyclic) bond motifs is 3. The monoisotopic (exact) mass is 702 g/mol. The molecule has 4 heteroatoms. The molecule has 2 aromatic heterocycles. The van der Waals surface area contributed by atoms with Crippen molar-refractivity contribution in [2.45, 2.75) is 0 Å². The molecule has 0 aliphatic heterocycles. The van der Waals surface area contributed by atoms with Crippen LogP contribution in [0.25, 0.3) is 94.8 Å². The number of hydrogen-bond donors (Lipinski definition) is 0. The molecule has 0 bridgehead atoms. The fraction of sp³-hybridized carbons (Fsp3) is 0. The van der Waals surface area contributed by atoms with Crippen LogP contribution in [0.15, 0.2) is 206 Å². The minimum absolute atomic E-state index is 0.698. The Hall–Kier alpha value is -7.43. The highest BCUT2D eigenvalue weighted by molar-refractivity contribution is 6.17. The molecule has 0 aliphatic carbocycles. The van der Waals surface area contributed by atoms with Crippen molar-refractivity contribution < 1.29 is 0 Å². The summed E-state index contributed by atoms with van der Waals surface area (Å²) in [4.78, 5) is 10.0. The summed E-state index contributed by atoms with van der Waals surface area (Å²) in [7, 11) is 0. The third-order valence-electron chi connectivity index (χ3n) is 10.3. The first-order chi connectivity index (χ1) is 27.3. The first-order valence-electron chi connectivity index (χ1n) is 18.5. The summed E-state index contributed by atoms with van der Waals surface area (Å²) in [6, 6.07) is 72.0. The van der Waals surface area contributed by atoms with E-state index in [1.807, 2.05) is 36.4 Å². The Labute approximate surface area is 319 Å². The van der Waals surface area contributed by atoms with E-state index in [-0.39, 0.29) is 0 Å². The van der Waals surface area contributed by atoms with Gasteiger partial charge >= 0.3 is 0 Å². The Kier molecular flexibility index (Phi) is 8.12. The largest absolute Gasteiger partial charge is 0.232 e. The fourth-order valence-electron chi connectivity index (χ4n) is 7.52. The summed E-state index contributed by atoms with van der Waals surface area (Å²) in [5.74, 6) is 0.698. The second-order valence-electron chi connectivity index (χ2n) is 13.7. The smallest absolute Gasteiger partial charge is 0.160 e. The number of rotatable bonds is 7. The van der Waals surface area contributed by atoms with Gasteiger partial charge in [0, 0.05) is 33.0 Å². The SMILES string of the molecule is c1ccc(-c2cc(-c3ccccc3)nc(-c3ccc(-c4ccc(-n5nc(-c6ccccc6)c6c(-c7ccccc7)cc7ccccc7c65)cc4)cc3)n2)cc1. The van der Waals surface area contributed by atoms with E-state index in [0.717, 1.165) is 67.1 Å². The summed E-state index contributed by atoms with van der Waals surface area (Å²) in [5.41, 5.74) is 13.6. The van der Waals surface area contributed by atoms with E-state index < -0.39 is 0 Å². The highest BCUT2D eigenvalue weighted by Crippen LogP contribution is 2.42. The number of benzene rings is 8. The van der Waals surface area contributed by atoms with Crippen molar-refractivity contribution >= 4 is 21.7 Å². The maximum atomic E-state index is 5.37. The molecule has 0 atom stereocenters. The lowest BCUT2D eigenvalue weighted by atomic mass is 9.94. The lowest BCUT2D eigenvalue weighted by molar-refractivity contribution is 0.918. The van der Waals surface area contributed by atoms with Crippen LogP contribution in [0.5, 0.6) is 0 Å². The first kappa shape index (κ1) is 32.2. The minimum atomic E-state index is 0.698. The van der Waals surface area contributed by atoms with Gasteiger partial charge < -0.3 is 0 Å². The van der Waals surface area contributed by atoms with Gasteiger partial charge in [0.1, 0.15) is 5.69 Å². The van der Waals surface area contributed by atoms with Gasteiger partial charge in [0.25, 0.3) is 0 Å². The van der Waals surface area contributed by atoms with E-state index in [1.54, 1.807) is 0 Å². The lowest BCUT2D eigenvalue weighted by Crippen LogP contribution is -1.97. The van der Waals surface area contributed by atoms with Crippen molar-refractivity contribution in [2.75, 3.05) is 0 Å². The molecule has 4 nitrogen and oxygen atoms in total. The van der Waals surface area contributed by atoms with Gasteiger partial charge in [-0.1, -0.05) is 182 Å². The normalized spacial score (nSPS) is 11.3. The molecule has 0 saturated heterocycles. The molecule has 0 radical (unpaired) electrons. The number of aromatic nitrogens is 4. The highest BCUT2D eigenvalue weighted by atomic mass is 15.3. The minimum Gasteiger partial charge on any atom is -0.232 e. The highest BCUT2D eigenvalue weighted by Gasteiger charge is 2.21. The second-order valence-corrected chi connectivity index (χ2v) is 13.7. The summed E-state index contributed by atoms with van der Waals surface area (Å²) in [6.07, 6.45) is 0. The number of hydrogen-bond acceptors (Lipinski definition) is 3. The van der Waals surface area contributed by atoms with Crippen LogP contribution >= 0.6 is 0 Å². The quantitative estimate of drug-likeness (QED) is 0.166. The van der Waals surface area contributed by atoms with Gasteiger partial charge in [-0.2, -0.15) is 5.10 Å². The molecule has 10 aromatic rings. The summed E-state index contributed by atoms with van der Waals surface area (Å²) in [6.45, 7) is 0. The van der Waals surface area contributed by atoms with Crippen molar-refractivity contribution in [3.8, 4) is 73.1 Å². The van der Waals surface area contributed by atoms with Crippen LogP contribution in [0.2, 0.25) is 0 Å². The van der Waals surface area contributed by atoms with Gasteiger partial charge in [-0.3, -0.25) is 0 Å². The zero-order valence-corrected chi connectivity index (χ0v) is 29.9. The van der Waals surface area contributed by atoms with Crippen molar-refractivity contribution in [3.63, 3.8) is 0 Å². The van der Waals surface area contributed by atoms with Crippen molar-refractivity contribution in [2.24, 2.45) is 0 Å². The molecule has 8 aromatic carbocycles. The van der Waals surface area contributed by atoms with E-state index in [2.05, 4.69) is 175 Å². The van der Waals surface area contributed by atoms with E-state index in [1.165, 1.54) is 21.9 Å². The zero-order chi connectivity index (χ0) is 36.6. The van der Waals surface area contributed by atoms with Gasteiger partial charge in [0.05, 0.1) is 22.6 Å². The van der Waals surface area contributed by atoms with Crippen LogP contribution in [0.1, 0.15) is 0 Å². The van der Waals surface area contributed by atoms with Crippen LogP contribution in [-0.2, 0) is 0 Å². The average Bonchev–Trinajstić information content (AvgIpc) is 3.68. The lowest BCUT2D eigenvalue weighted by Gasteiger charge is -2.12. The molecular formula is C51H34N4. The Balaban J connectivity index is 1.05. The molecule has 0 fully saturated rings. The molecule has 0 aliphatic rings. The topological polar surface area (TPSA) is 43.6 Å². The zero-order valence-electron chi connectivity index (χ0n) is 29.9. The number of nitrogens with zero attached hydrogens (tertiary/aromatic N) is 4. The molecule has 55 heavy (non-hydrogen) atoms. The molecule has 0 saturated carbocycles. The van der Waals surface area contributed by atoms with Gasteiger partial charge in [0.15, 0.2) is 5.82 Å². The first-order valence-corrected chi connectivity index (χ1v) is 18.5. The van der Waals surface area contributed by atoms with Gasteiger partial charge in [-0.25, -0.2) is 14.6 Å². The van der Waals surface area contributed by atoms with Crippen molar-refractivity contribution in [1.29, 1.82) is 0 Å². The third-order valence-corrected chi connectivity index (χ3v) is 10.3. The standard InChI is InChI=1S/C51H34N4/c1-5-15-37(16-6-1)45-33-42-23-13-14-24-44(42)50-48(45)49(40-21-11-4-12-22-40)54-55(50)43-31-29-36(30-32-43)35-25-27-41(28-26-35)51-52-46(38-17-7-2-8-18-38)34-47(53-51)39-19-9-3-10-20-39/h1-34H. The Morgan fingerprint density at radius 1 is 0.364 bits per heavy atom. The van der Waals surface area contributed by atoms with Crippen LogP contribution < -0.4 is 0 Å². The van der Waals surface area contributed by atoms with Crippen molar-refractivity contribution in [1.82, 2.24) is 19.7 Å². The van der Waals surface area contributed by atoms with E-state index in [4.69, 9.17) is 15.1 Å². The summed E-state index contributed by atoms with van der Waals surface area (Å²) in [5, 5.41) is 8.87. The molecule has 258 valence electrons. The molecule has 0 unspecified atom stereocenters. The van der Waals surface area contributed by atoms with Gasteiger partial charge in [0.2, 0.25) is 0 Å². The van der Waals surface area contributed by atoms with Crippen LogP contribution in [0.3, 0.4) is 0 Å².